The molecule has 2 amide bonds. The van der Waals surface area contributed by atoms with E-state index < -0.39 is 0 Å². The molecule has 30 heavy (non-hydrogen) atoms. The van der Waals surface area contributed by atoms with Crippen molar-refractivity contribution in [3.8, 4) is 5.75 Å². The topological polar surface area (TPSA) is 102 Å². The van der Waals surface area contributed by atoms with Gasteiger partial charge < -0.3 is 29.8 Å². The molecule has 0 aliphatic carbocycles. The Bertz CT molecular complexity index is 955. The fraction of sp³-hybridized carbons (Fsp3) is 0.182. The number of benzene rings is 2. The molecule has 0 fully saturated rings. The van der Waals surface area contributed by atoms with Crippen molar-refractivity contribution in [2.75, 3.05) is 42.8 Å². The molecule has 0 saturated carbocycles. The smallest absolute Gasteiger partial charge is 0.291 e. The van der Waals surface area contributed by atoms with E-state index in [1.165, 1.54) is 6.26 Å². The van der Waals surface area contributed by atoms with Gasteiger partial charge in [-0.05, 0) is 54.6 Å². The van der Waals surface area contributed by atoms with Gasteiger partial charge in [-0.25, -0.2) is 0 Å². The molecule has 0 radical (unpaired) electrons. The number of furan rings is 1. The average molecular weight is 409 g/mol. The number of carbonyl (C=O) groups is 2. The second kappa shape index (κ2) is 10.7. The number of hydrogen-bond donors (Lipinski definition) is 3. The fourth-order valence-corrected chi connectivity index (χ4v) is 2.57. The summed E-state index contributed by atoms with van der Waals surface area (Å²) in [7, 11) is 1.62. The zero-order valence-corrected chi connectivity index (χ0v) is 16.5. The maximum absolute atomic E-state index is 12.2. The summed E-state index contributed by atoms with van der Waals surface area (Å²) >= 11 is 0. The molecule has 0 unspecified atom stereocenters. The maximum Gasteiger partial charge on any atom is 0.291 e. The molecule has 1 aromatic heterocycles. The maximum atomic E-state index is 12.2. The Balaban J connectivity index is 1.47. The lowest BCUT2D eigenvalue weighted by molar-refractivity contribution is -0.114. The summed E-state index contributed by atoms with van der Waals surface area (Å²) in [6.07, 6.45) is 1.43. The summed E-state index contributed by atoms with van der Waals surface area (Å²) in [6, 6.07) is 17.4. The highest BCUT2D eigenvalue weighted by Crippen LogP contribution is 2.17. The fourth-order valence-electron chi connectivity index (χ4n) is 2.57. The molecule has 0 aliphatic rings. The van der Waals surface area contributed by atoms with Gasteiger partial charge in [-0.2, -0.15) is 0 Å². The summed E-state index contributed by atoms with van der Waals surface area (Å²) in [5.74, 6) is 0.365. The molecule has 0 bridgehead atoms. The van der Waals surface area contributed by atoms with E-state index in [1.807, 2.05) is 24.3 Å². The van der Waals surface area contributed by atoms with Crippen LogP contribution in [0.3, 0.4) is 0 Å². The molecular formula is C22H23N3O5. The Hall–Kier alpha value is -3.78. The molecule has 8 nitrogen and oxygen atoms in total. The lowest BCUT2D eigenvalue weighted by atomic mass is 10.2. The van der Waals surface area contributed by atoms with E-state index in [1.54, 1.807) is 43.5 Å². The standard InChI is InChI=1S/C22H23N3O5/c1-28-12-13-29-19-9-7-16(8-10-19)23-15-21(26)24-17-4-2-5-18(14-17)25-22(27)20-6-3-11-30-20/h2-11,14,23H,12-13,15H2,1H3,(H,24,26)(H,25,27). The first-order chi connectivity index (χ1) is 14.6. The van der Waals surface area contributed by atoms with E-state index in [0.29, 0.717) is 24.6 Å². The molecule has 156 valence electrons. The number of hydrogen-bond acceptors (Lipinski definition) is 6. The summed E-state index contributed by atoms with van der Waals surface area (Å²) in [5, 5.41) is 8.56. The number of carbonyl (C=O) groups excluding carboxylic acids is 2. The molecule has 0 saturated heterocycles. The largest absolute Gasteiger partial charge is 0.491 e. The van der Waals surface area contributed by atoms with E-state index in [0.717, 1.165) is 11.4 Å². The van der Waals surface area contributed by atoms with Crippen LogP contribution in [-0.4, -0.2) is 38.7 Å². The summed E-state index contributed by atoms with van der Waals surface area (Å²) < 4.78 is 15.5. The molecule has 3 rings (SSSR count). The van der Waals surface area contributed by atoms with E-state index in [4.69, 9.17) is 13.9 Å². The van der Waals surface area contributed by atoms with Crippen LogP contribution >= 0.6 is 0 Å². The highest BCUT2D eigenvalue weighted by Gasteiger charge is 2.09. The SMILES string of the molecule is COCCOc1ccc(NCC(=O)Nc2cccc(NC(=O)c3ccco3)c2)cc1. The van der Waals surface area contributed by atoms with E-state index >= 15 is 0 Å². The number of amides is 2. The first kappa shape index (κ1) is 20.9. The van der Waals surface area contributed by atoms with E-state index in [2.05, 4.69) is 16.0 Å². The molecule has 3 aromatic rings. The normalized spacial score (nSPS) is 10.3. The van der Waals surface area contributed by atoms with Gasteiger partial charge in [-0.15, -0.1) is 0 Å². The van der Waals surface area contributed by atoms with Gasteiger partial charge in [0.2, 0.25) is 5.91 Å². The van der Waals surface area contributed by atoms with Crippen LogP contribution in [0.15, 0.2) is 71.3 Å². The highest BCUT2D eigenvalue weighted by atomic mass is 16.5. The van der Waals surface area contributed by atoms with Crippen LogP contribution in [0.5, 0.6) is 5.75 Å². The van der Waals surface area contributed by atoms with Gasteiger partial charge in [-0.1, -0.05) is 6.07 Å². The van der Waals surface area contributed by atoms with Crippen LogP contribution in [0.25, 0.3) is 0 Å². The average Bonchev–Trinajstić information content (AvgIpc) is 3.29. The number of nitrogens with one attached hydrogen (secondary N) is 3. The van der Waals surface area contributed by atoms with Crippen molar-refractivity contribution in [3.63, 3.8) is 0 Å². The van der Waals surface area contributed by atoms with Crippen molar-refractivity contribution in [1.29, 1.82) is 0 Å². The minimum atomic E-state index is -0.361. The Labute approximate surface area is 174 Å². The third-order valence-corrected chi connectivity index (χ3v) is 4.01. The number of methoxy groups -OCH3 is 1. The predicted molar refractivity (Wildman–Crippen MR) is 114 cm³/mol. The third kappa shape index (κ3) is 6.39. The van der Waals surface area contributed by atoms with Gasteiger partial charge in [-0.3, -0.25) is 9.59 Å². The molecule has 0 aliphatic heterocycles. The van der Waals surface area contributed by atoms with Crippen molar-refractivity contribution in [1.82, 2.24) is 0 Å². The van der Waals surface area contributed by atoms with Gasteiger partial charge in [0, 0.05) is 24.2 Å². The van der Waals surface area contributed by atoms with Crippen molar-refractivity contribution in [2.24, 2.45) is 0 Å². The van der Waals surface area contributed by atoms with Crippen LogP contribution in [0.1, 0.15) is 10.6 Å². The van der Waals surface area contributed by atoms with Gasteiger partial charge in [0.05, 0.1) is 19.4 Å². The van der Waals surface area contributed by atoms with Crippen LogP contribution in [0.2, 0.25) is 0 Å². The first-order valence-corrected chi connectivity index (χ1v) is 9.34. The van der Waals surface area contributed by atoms with Gasteiger partial charge in [0.25, 0.3) is 5.91 Å². The Morgan fingerprint density at radius 2 is 1.67 bits per heavy atom. The minimum absolute atomic E-state index is 0.0901. The van der Waals surface area contributed by atoms with Gasteiger partial charge in [0.15, 0.2) is 5.76 Å². The van der Waals surface area contributed by atoms with Crippen LogP contribution in [0.4, 0.5) is 17.1 Å². The van der Waals surface area contributed by atoms with Crippen molar-refractivity contribution >= 4 is 28.9 Å². The summed E-state index contributed by atoms with van der Waals surface area (Å²) in [4.78, 5) is 24.3. The zero-order valence-electron chi connectivity index (χ0n) is 16.5. The summed E-state index contributed by atoms with van der Waals surface area (Å²) in [5.41, 5.74) is 1.91. The Kier molecular flexibility index (Phi) is 7.45. The van der Waals surface area contributed by atoms with Crippen molar-refractivity contribution < 1.29 is 23.5 Å². The monoisotopic (exact) mass is 409 g/mol. The van der Waals surface area contributed by atoms with Crippen molar-refractivity contribution in [3.05, 3.63) is 72.7 Å². The van der Waals surface area contributed by atoms with E-state index in [9.17, 15) is 9.59 Å². The molecule has 3 N–H and O–H groups in total. The third-order valence-electron chi connectivity index (χ3n) is 4.01. The molecule has 0 spiro atoms. The van der Waals surface area contributed by atoms with Crippen molar-refractivity contribution in [2.45, 2.75) is 0 Å². The lowest BCUT2D eigenvalue weighted by Crippen LogP contribution is -2.21. The second-order valence-corrected chi connectivity index (χ2v) is 6.28. The van der Waals surface area contributed by atoms with E-state index in [-0.39, 0.29) is 24.1 Å². The predicted octanol–water partition coefficient (Wildman–Crippen LogP) is 3.61. The number of ether oxygens (including phenoxy) is 2. The number of rotatable bonds is 10. The molecular weight excluding hydrogens is 386 g/mol. The van der Waals surface area contributed by atoms with Gasteiger partial charge in [0.1, 0.15) is 12.4 Å². The number of anilines is 3. The first-order valence-electron chi connectivity index (χ1n) is 9.34. The Morgan fingerprint density at radius 1 is 0.900 bits per heavy atom. The van der Waals surface area contributed by atoms with Crippen LogP contribution in [-0.2, 0) is 9.53 Å². The highest BCUT2D eigenvalue weighted by molar-refractivity contribution is 6.02. The summed E-state index contributed by atoms with van der Waals surface area (Å²) in [6.45, 7) is 1.09. The zero-order chi connectivity index (χ0) is 21.2. The lowest BCUT2D eigenvalue weighted by Gasteiger charge is -2.10. The van der Waals surface area contributed by atoms with Gasteiger partial charge >= 0.3 is 0 Å². The molecule has 0 atom stereocenters. The second-order valence-electron chi connectivity index (χ2n) is 6.28. The molecule has 2 aromatic carbocycles. The molecule has 8 heteroatoms. The minimum Gasteiger partial charge on any atom is -0.491 e. The van der Waals surface area contributed by atoms with Crippen LogP contribution in [0, 0.1) is 0 Å². The van der Waals surface area contributed by atoms with Crippen LogP contribution < -0.4 is 20.7 Å². The quantitative estimate of drug-likeness (QED) is 0.442. The Morgan fingerprint density at radius 3 is 2.37 bits per heavy atom. The molecule has 1 heterocycles.